The Morgan fingerprint density at radius 2 is 1.12 bits per heavy atom. The summed E-state index contributed by atoms with van der Waals surface area (Å²) in [6.07, 6.45) is 2.69. The van der Waals surface area contributed by atoms with E-state index in [1.807, 2.05) is 24.3 Å². The van der Waals surface area contributed by atoms with E-state index in [0.29, 0.717) is 11.5 Å². The number of ether oxygens (including phenoxy) is 2. The molecule has 1 aromatic rings. The molecule has 0 saturated carbocycles. The lowest BCUT2D eigenvalue weighted by molar-refractivity contribution is 0.438. The van der Waals surface area contributed by atoms with Crippen LogP contribution in [0.4, 0.5) is 0 Å². The molecular formula is C14H14O2. The molecule has 2 heteroatoms. The first-order valence-corrected chi connectivity index (χ1v) is 4.72. The van der Waals surface area contributed by atoms with Crippen LogP contribution in [0.2, 0.25) is 0 Å². The van der Waals surface area contributed by atoms with Gasteiger partial charge in [-0.2, -0.15) is 0 Å². The zero-order valence-corrected chi connectivity index (χ0v) is 9.11. The van der Waals surface area contributed by atoms with Crippen LogP contribution in [0.25, 0.3) is 11.5 Å². The van der Waals surface area contributed by atoms with Crippen molar-refractivity contribution in [3.63, 3.8) is 0 Å². The van der Waals surface area contributed by atoms with E-state index in [9.17, 15) is 0 Å². The maximum Gasteiger partial charge on any atom is 0.126 e. The van der Waals surface area contributed by atoms with E-state index in [4.69, 9.17) is 9.47 Å². The highest BCUT2D eigenvalue weighted by Gasteiger charge is 2.01. The van der Waals surface area contributed by atoms with Crippen LogP contribution in [-0.2, 0) is 9.47 Å². The van der Waals surface area contributed by atoms with Crippen molar-refractivity contribution in [1.82, 2.24) is 0 Å². The summed E-state index contributed by atoms with van der Waals surface area (Å²) in [6, 6.07) is 7.50. The van der Waals surface area contributed by atoms with Crippen LogP contribution in [0.3, 0.4) is 0 Å². The second kappa shape index (κ2) is 5.61. The number of hydrogen-bond donors (Lipinski definition) is 0. The van der Waals surface area contributed by atoms with Gasteiger partial charge in [-0.05, 0) is 0 Å². The molecule has 0 spiro atoms. The van der Waals surface area contributed by atoms with Crippen molar-refractivity contribution >= 4 is 11.5 Å². The maximum absolute atomic E-state index is 5.08. The van der Waals surface area contributed by atoms with Gasteiger partial charge < -0.3 is 9.47 Å². The quantitative estimate of drug-likeness (QED) is 0.667. The summed E-state index contributed by atoms with van der Waals surface area (Å²) in [5, 5.41) is 0. The van der Waals surface area contributed by atoms with Crippen molar-refractivity contribution in [2.24, 2.45) is 0 Å². The fraction of sp³-hybridized carbons (Fsp3) is 0. The standard InChI is InChI=1S/C14H14O2/c1-5-15-11(3)13-7-9-14(10-8-13)12(4)16-6-2/h5-10H,1-4H2. The van der Waals surface area contributed by atoms with Crippen molar-refractivity contribution in [2.75, 3.05) is 0 Å². The molecule has 1 rings (SSSR count). The van der Waals surface area contributed by atoms with E-state index in [1.165, 1.54) is 12.5 Å². The Morgan fingerprint density at radius 1 is 0.812 bits per heavy atom. The molecule has 16 heavy (non-hydrogen) atoms. The van der Waals surface area contributed by atoms with E-state index in [0.717, 1.165) is 11.1 Å². The summed E-state index contributed by atoms with van der Waals surface area (Å²) in [7, 11) is 0. The van der Waals surface area contributed by atoms with Gasteiger partial charge in [0.05, 0.1) is 12.5 Å². The molecule has 0 fully saturated rings. The monoisotopic (exact) mass is 214 g/mol. The van der Waals surface area contributed by atoms with E-state index in [1.54, 1.807) is 0 Å². The molecule has 2 nitrogen and oxygen atoms in total. The minimum Gasteiger partial charge on any atom is -0.466 e. The highest BCUT2D eigenvalue weighted by molar-refractivity contribution is 5.63. The Balaban J connectivity index is 2.82. The van der Waals surface area contributed by atoms with Gasteiger partial charge in [0.15, 0.2) is 0 Å². The maximum atomic E-state index is 5.08. The van der Waals surface area contributed by atoms with Crippen LogP contribution in [-0.4, -0.2) is 0 Å². The molecular weight excluding hydrogens is 200 g/mol. The van der Waals surface area contributed by atoms with E-state index >= 15 is 0 Å². The largest absolute Gasteiger partial charge is 0.466 e. The average Bonchev–Trinajstić information content (AvgIpc) is 2.30. The zero-order valence-electron chi connectivity index (χ0n) is 9.11. The Hall–Kier alpha value is -2.22. The summed E-state index contributed by atoms with van der Waals surface area (Å²) in [6.45, 7) is 14.5. The molecule has 0 atom stereocenters. The second-order valence-electron chi connectivity index (χ2n) is 2.99. The van der Waals surface area contributed by atoms with Crippen LogP contribution in [0.1, 0.15) is 11.1 Å². The summed E-state index contributed by atoms with van der Waals surface area (Å²) < 4.78 is 10.2. The predicted octanol–water partition coefficient (Wildman–Crippen LogP) is 3.95. The van der Waals surface area contributed by atoms with Crippen LogP contribution >= 0.6 is 0 Å². The van der Waals surface area contributed by atoms with Gasteiger partial charge in [0.25, 0.3) is 0 Å². The smallest absolute Gasteiger partial charge is 0.126 e. The molecule has 0 radical (unpaired) electrons. The summed E-state index contributed by atoms with van der Waals surface area (Å²) >= 11 is 0. The van der Waals surface area contributed by atoms with Crippen molar-refractivity contribution in [1.29, 1.82) is 0 Å². The van der Waals surface area contributed by atoms with E-state index in [-0.39, 0.29) is 0 Å². The van der Waals surface area contributed by atoms with E-state index in [2.05, 4.69) is 26.3 Å². The van der Waals surface area contributed by atoms with Gasteiger partial charge in [0, 0.05) is 11.1 Å². The highest BCUT2D eigenvalue weighted by atomic mass is 16.5. The molecule has 0 aliphatic heterocycles. The van der Waals surface area contributed by atoms with Crippen molar-refractivity contribution < 1.29 is 9.47 Å². The molecule has 0 N–H and O–H groups in total. The predicted molar refractivity (Wildman–Crippen MR) is 67.1 cm³/mol. The van der Waals surface area contributed by atoms with Gasteiger partial charge in [-0.25, -0.2) is 0 Å². The SMILES string of the molecule is C=COC(=C)c1ccc(C(=C)OC=C)cc1. The van der Waals surface area contributed by atoms with Crippen molar-refractivity contribution in [2.45, 2.75) is 0 Å². The number of hydrogen-bond acceptors (Lipinski definition) is 2. The molecule has 0 aliphatic carbocycles. The van der Waals surface area contributed by atoms with Crippen molar-refractivity contribution in [3.8, 4) is 0 Å². The minimum atomic E-state index is 0.553. The molecule has 82 valence electrons. The number of rotatable bonds is 6. The number of benzene rings is 1. The minimum absolute atomic E-state index is 0.553. The summed E-state index contributed by atoms with van der Waals surface area (Å²) in [4.78, 5) is 0. The Kier molecular flexibility index (Phi) is 4.16. The van der Waals surface area contributed by atoms with Gasteiger partial charge in [-0.1, -0.05) is 50.6 Å². The third kappa shape index (κ3) is 2.89. The van der Waals surface area contributed by atoms with Crippen LogP contribution < -0.4 is 0 Å². The van der Waals surface area contributed by atoms with Gasteiger partial charge in [-0.15, -0.1) is 0 Å². The van der Waals surface area contributed by atoms with Gasteiger partial charge in [0.2, 0.25) is 0 Å². The molecule has 0 aromatic heterocycles. The first kappa shape index (κ1) is 11.9. The molecule has 0 heterocycles. The van der Waals surface area contributed by atoms with Gasteiger partial charge >= 0.3 is 0 Å². The van der Waals surface area contributed by atoms with Crippen LogP contribution in [0.5, 0.6) is 0 Å². The lowest BCUT2D eigenvalue weighted by Crippen LogP contribution is -1.87. The lowest BCUT2D eigenvalue weighted by atomic mass is 10.1. The molecule has 0 unspecified atom stereocenters. The molecule has 0 amide bonds. The average molecular weight is 214 g/mol. The topological polar surface area (TPSA) is 18.5 Å². The first-order chi connectivity index (χ1) is 7.69. The molecule has 0 aliphatic rings. The summed E-state index contributed by atoms with van der Waals surface area (Å²) in [5.74, 6) is 1.11. The third-order valence-electron chi connectivity index (χ3n) is 1.98. The second-order valence-corrected chi connectivity index (χ2v) is 2.99. The van der Waals surface area contributed by atoms with Crippen LogP contribution in [0, 0.1) is 0 Å². The fourth-order valence-corrected chi connectivity index (χ4v) is 1.18. The van der Waals surface area contributed by atoms with Crippen molar-refractivity contribution in [3.05, 3.63) is 74.2 Å². The highest BCUT2D eigenvalue weighted by Crippen LogP contribution is 2.19. The lowest BCUT2D eigenvalue weighted by Gasteiger charge is -2.07. The Labute approximate surface area is 95.8 Å². The molecule has 0 saturated heterocycles. The third-order valence-corrected chi connectivity index (χ3v) is 1.98. The first-order valence-electron chi connectivity index (χ1n) is 4.72. The molecule has 1 aromatic carbocycles. The van der Waals surface area contributed by atoms with Crippen LogP contribution in [0.15, 0.2) is 63.1 Å². The summed E-state index contributed by atoms with van der Waals surface area (Å²) in [5.41, 5.74) is 1.77. The van der Waals surface area contributed by atoms with Gasteiger partial charge in [0.1, 0.15) is 11.5 Å². The normalized spacial score (nSPS) is 9.00. The zero-order chi connectivity index (χ0) is 12.0. The fourth-order valence-electron chi connectivity index (χ4n) is 1.18. The van der Waals surface area contributed by atoms with E-state index < -0.39 is 0 Å². The Bertz CT molecular complexity index is 372. The Morgan fingerprint density at radius 3 is 1.38 bits per heavy atom. The molecule has 0 bridgehead atoms. The van der Waals surface area contributed by atoms with Gasteiger partial charge in [-0.3, -0.25) is 0 Å².